The van der Waals surface area contributed by atoms with Gasteiger partial charge in [0, 0.05) is 8.07 Å². The maximum absolute atomic E-state index is 12.0. The van der Waals surface area contributed by atoms with E-state index in [2.05, 4.69) is 26.6 Å². The van der Waals surface area contributed by atoms with E-state index < -0.39 is 8.07 Å². The van der Waals surface area contributed by atoms with E-state index in [4.69, 9.17) is 10.5 Å². The monoisotopic (exact) mass is 307 g/mol. The number of esters is 1. The van der Waals surface area contributed by atoms with Gasteiger partial charge in [0.1, 0.15) is 6.61 Å². The number of benzene rings is 1. The van der Waals surface area contributed by atoms with Gasteiger partial charge >= 0.3 is 5.97 Å². The highest BCUT2D eigenvalue weighted by Gasteiger charge is 2.29. The van der Waals surface area contributed by atoms with E-state index >= 15 is 0 Å². The summed E-state index contributed by atoms with van der Waals surface area (Å²) in [5.74, 6) is -0.151. The summed E-state index contributed by atoms with van der Waals surface area (Å²) in [7, 11) is -1.11. The van der Waals surface area contributed by atoms with Crippen molar-refractivity contribution in [2.45, 2.75) is 52.1 Å². The van der Waals surface area contributed by atoms with Crippen molar-refractivity contribution in [3.63, 3.8) is 0 Å². The highest BCUT2D eigenvalue weighted by molar-refractivity contribution is 6.76. The maximum atomic E-state index is 12.0. The number of hydrogen-bond donors (Lipinski definition) is 1. The van der Waals surface area contributed by atoms with Crippen molar-refractivity contribution in [3.05, 3.63) is 35.9 Å². The Morgan fingerprint density at radius 3 is 2.38 bits per heavy atom. The number of rotatable bonds is 8. The number of nitrogens with two attached hydrogens (primary N) is 1. The SMILES string of the molecule is CC(CN)(CC[Si](C)(C)C)CC(=O)OCc1ccccc1. The number of ether oxygens (including phenoxy) is 1. The van der Waals surface area contributed by atoms with Crippen molar-refractivity contribution in [1.29, 1.82) is 0 Å². The molecule has 0 saturated carbocycles. The average molecular weight is 308 g/mol. The van der Waals surface area contributed by atoms with Crippen LogP contribution in [0.1, 0.15) is 25.3 Å². The Balaban J connectivity index is 2.46. The average Bonchev–Trinajstić information content (AvgIpc) is 2.43. The Kier molecular flexibility index (Phi) is 6.62. The van der Waals surface area contributed by atoms with Crippen LogP contribution in [0.4, 0.5) is 0 Å². The van der Waals surface area contributed by atoms with Crippen LogP contribution in [0.25, 0.3) is 0 Å². The molecule has 0 bridgehead atoms. The molecule has 0 amide bonds. The Hall–Kier alpha value is -1.13. The van der Waals surface area contributed by atoms with E-state index in [9.17, 15) is 4.79 Å². The topological polar surface area (TPSA) is 52.3 Å². The van der Waals surface area contributed by atoms with Gasteiger partial charge in [-0.3, -0.25) is 4.79 Å². The largest absolute Gasteiger partial charge is 0.461 e. The molecule has 1 unspecified atom stereocenters. The fourth-order valence-electron chi connectivity index (χ4n) is 2.08. The van der Waals surface area contributed by atoms with E-state index in [0.29, 0.717) is 19.6 Å². The minimum absolute atomic E-state index is 0.145. The first kappa shape index (κ1) is 17.9. The molecule has 0 aliphatic heterocycles. The van der Waals surface area contributed by atoms with Crippen molar-refractivity contribution in [2.75, 3.05) is 6.54 Å². The summed E-state index contributed by atoms with van der Waals surface area (Å²) in [5.41, 5.74) is 6.77. The lowest BCUT2D eigenvalue weighted by Crippen LogP contribution is -2.33. The molecule has 118 valence electrons. The predicted molar refractivity (Wildman–Crippen MR) is 90.8 cm³/mol. The number of carbonyl (C=O) groups excluding carboxylic acids is 1. The van der Waals surface area contributed by atoms with Crippen molar-refractivity contribution >= 4 is 14.0 Å². The normalized spacial score (nSPS) is 14.5. The first-order valence-electron chi connectivity index (χ1n) is 7.64. The zero-order valence-electron chi connectivity index (χ0n) is 13.8. The lowest BCUT2D eigenvalue weighted by Gasteiger charge is -2.30. The Bertz CT molecular complexity index is 442. The molecule has 0 aliphatic carbocycles. The molecule has 1 aromatic carbocycles. The van der Waals surface area contributed by atoms with Crippen LogP contribution in [0.3, 0.4) is 0 Å². The van der Waals surface area contributed by atoms with Gasteiger partial charge in [-0.15, -0.1) is 0 Å². The fourth-order valence-corrected chi connectivity index (χ4v) is 3.43. The maximum Gasteiger partial charge on any atom is 0.306 e. The first-order valence-corrected chi connectivity index (χ1v) is 11.3. The van der Waals surface area contributed by atoms with E-state index in [-0.39, 0.29) is 11.4 Å². The zero-order chi connectivity index (χ0) is 15.9. The smallest absolute Gasteiger partial charge is 0.306 e. The molecule has 1 rings (SSSR count). The molecule has 4 heteroatoms. The summed E-state index contributed by atoms with van der Waals surface area (Å²) in [4.78, 5) is 12.0. The third kappa shape index (κ3) is 7.44. The molecule has 3 nitrogen and oxygen atoms in total. The molecule has 2 N–H and O–H groups in total. The molecule has 0 heterocycles. The summed E-state index contributed by atoms with van der Waals surface area (Å²) in [6, 6.07) is 10.9. The Morgan fingerprint density at radius 1 is 1.24 bits per heavy atom. The lowest BCUT2D eigenvalue weighted by molar-refractivity contribution is -0.147. The summed E-state index contributed by atoms with van der Waals surface area (Å²) in [5, 5.41) is 0. The Labute approximate surface area is 129 Å². The van der Waals surface area contributed by atoms with Crippen LogP contribution in [0, 0.1) is 5.41 Å². The van der Waals surface area contributed by atoms with E-state index in [0.717, 1.165) is 12.0 Å². The molecule has 0 spiro atoms. The van der Waals surface area contributed by atoms with Gasteiger partial charge in [0.2, 0.25) is 0 Å². The predicted octanol–water partition coefficient (Wildman–Crippen LogP) is 3.81. The lowest BCUT2D eigenvalue weighted by atomic mass is 9.84. The molecule has 21 heavy (non-hydrogen) atoms. The van der Waals surface area contributed by atoms with Crippen LogP contribution < -0.4 is 5.73 Å². The summed E-state index contributed by atoms with van der Waals surface area (Å²) in [6.07, 6.45) is 1.40. The third-order valence-corrected chi connectivity index (χ3v) is 5.54. The van der Waals surface area contributed by atoms with Crippen molar-refractivity contribution < 1.29 is 9.53 Å². The molecule has 1 aromatic rings. The van der Waals surface area contributed by atoms with Crippen LogP contribution in [0.5, 0.6) is 0 Å². The number of hydrogen-bond acceptors (Lipinski definition) is 3. The second-order valence-electron chi connectivity index (χ2n) is 7.40. The molecule has 1 atom stereocenters. The quantitative estimate of drug-likeness (QED) is 0.587. The minimum atomic E-state index is -1.11. The molecule has 0 radical (unpaired) electrons. The summed E-state index contributed by atoms with van der Waals surface area (Å²) in [6.45, 7) is 10.00. The Morgan fingerprint density at radius 2 is 1.86 bits per heavy atom. The standard InChI is InChI=1S/C17H29NO2Si/c1-17(14-18,10-11-21(2,3)4)12-16(19)20-13-15-8-6-5-7-9-15/h5-9H,10-14,18H2,1-4H3. The van der Waals surface area contributed by atoms with Crippen molar-refractivity contribution in [1.82, 2.24) is 0 Å². The van der Waals surface area contributed by atoms with E-state index in [1.807, 2.05) is 30.3 Å². The van der Waals surface area contributed by atoms with Gasteiger partial charge in [-0.25, -0.2) is 0 Å². The van der Waals surface area contributed by atoms with Gasteiger partial charge in [-0.1, -0.05) is 62.9 Å². The van der Waals surface area contributed by atoms with Gasteiger partial charge in [-0.2, -0.15) is 0 Å². The second kappa shape index (κ2) is 7.76. The van der Waals surface area contributed by atoms with Crippen molar-refractivity contribution in [2.24, 2.45) is 11.1 Å². The molecule has 0 aliphatic rings. The van der Waals surface area contributed by atoms with Gasteiger partial charge in [0.15, 0.2) is 0 Å². The highest BCUT2D eigenvalue weighted by Crippen LogP contribution is 2.30. The van der Waals surface area contributed by atoms with Gasteiger partial charge < -0.3 is 10.5 Å². The van der Waals surface area contributed by atoms with Gasteiger partial charge in [0.25, 0.3) is 0 Å². The highest BCUT2D eigenvalue weighted by atomic mass is 28.3. The summed E-state index contributed by atoms with van der Waals surface area (Å²) >= 11 is 0. The van der Waals surface area contributed by atoms with E-state index in [1.165, 1.54) is 6.04 Å². The van der Waals surface area contributed by atoms with Crippen LogP contribution >= 0.6 is 0 Å². The van der Waals surface area contributed by atoms with Crippen LogP contribution in [-0.4, -0.2) is 20.6 Å². The first-order chi connectivity index (χ1) is 9.74. The second-order valence-corrected chi connectivity index (χ2v) is 13.0. The van der Waals surface area contributed by atoms with Crippen molar-refractivity contribution in [3.8, 4) is 0 Å². The molecular formula is C17H29NO2Si. The molecule has 0 aromatic heterocycles. The third-order valence-electron chi connectivity index (χ3n) is 3.79. The molecule has 0 saturated heterocycles. The van der Waals surface area contributed by atoms with E-state index in [1.54, 1.807) is 0 Å². The molecular weight excluding hydrogens is 278 g/mol. The van der Waals surface area contributed by atoms with Gasteiger partial charge in [-0.05, 0) is 23.9 Å². The minimum Gasteiger partial charge on any atom is -0.461 e. The fraction of sp³-hybridized carbons (Fsp3) is 0.588. The van der Waals surface area contributed by atoms with Gasteiger partial charge in [0.05, 0.1) is 6.42 Å². The molecule has 0 fully saturated rings. The van der Waals surface area contributed by atoms with Crippen LogP contribution in [0.15, 0.2) is 30.3 Å². The summed E-state index contributed by atoms with van der Waals surface area (Å²) < 4.78 is 5.37. The number of carbonyl (C=O) groups is 1. The zero-order valence-corrected chi connectivity index (χ0v) is 14.8. The van der Waals surface area contributed by atoms with Crippen LogP contribution in [0.2, 0.25) is 25.7 Å². The van der Waals surface area contributed by atoms with Crippen LogP contribution in [-0.2, 0) is 16.1 Å².